The summed E-state index contributed by atoms with van der Waals surface area (Å²) < 4.78 is 12.5. The third-order valence-electron chi connectivity index (χ3n) is 6.13. The lowest BCUT2D eigenvalue weighted by atomic mass is 9.85. The predicted molar refractivity (Wildman–Crippen MR) is 124 cm³/mol. The molecule has 174 valence electrons. The normalized spacial score (nSPS) is 15.2. The maximum atomic E-state index is 12.1. The van der Waals surface area contributed by atoms with Gasteiger partial charge < -0.3 is 20.1 Å². The second-order valence-corrected chi connectivity index (χ2v) is 8.20. The topological polar surface area (TPSA) is 106 Å². The minimum Gasteiger partial charge on any atom is -0.497 e. The van der Waals surface area contributed by atoms with E-state index in [4.69, 9.17) is 20.3 Å². The van der Waals surface area contributed by atoms with Crippen LogP contribution in [0, 0.1) is 0 Å². The van der Waals surface area contributed by atoms with Gasteiger partial charge in [0.05, 0.1) is 36.8 Å². The van der Waals surface area contributed by atoms with E-state index in [0.717, 1.165) is 34.1 Å². The lowest BCUT2D eigenvalue weighted by molar-refractivity contribution is -0.0373. The first kappa shape index (κ1) is 22.6. The van der Waals surface area contributed by atoms with E-state index in [2.05, 4.69) is 0 Å². The van der Waals surface area contributed by atoms with Crippen molar-refractivity contribution in [3.8, 4) is 28.4 Å². The molecule has 1 aliphatic heterocycles. The third kappa shape index (κ3) is 4.50. The largest absolute Gasteiger partial charge is 0.497 e. The van der Waals surface area contributed by atoms with Crippen molar-refractivity contribution < 1.29 is 19.5 Å². The Morgan fingerprint density at radius 2 is 1.58 bits per heavy atom. The number of hydrogen-bond donors (Lipinski definition) is 2. The summed E-state index contributed by atoms with van der Waals surface area (Å²) in [5.74, 6) is 1.54. The smallest absolute Gasteiger partial charge is 0.343 e. The number of hydrogen-bond acceptors (Lipinski definition) is 6. The Labute approximate surface area is 192 Å². The number of nitrogens with two attached hydrogens (primary N) is 1. The molecule has 4 rings (SSSR count). The zero-order valence-electron chi connectivity index (χ0n) is 19.1. The molecule has 0 saturated carbocycles. The number of likely N-dealkylation sites (tertiary alicyclic amines) is 1. The minimum absolute atomic E-state index is 0.431. The SMILES string of the molecule is COc1ccc(-c2cc(C3(N)CCN(C(=O)N(C)O)CC3)nn2-c2ccc(OC)cc2)cc1. The van der Waals surface area contributed by atoms with E-state index in [-0.39, 0.29) is 0 Å². The fourth-order valence-electron chi connectivity index (χ4n) is 4.07. The number of nitrogens with zero attached hydrogens (tertiary/aromatic N) is 4. The highest BCUT2D eigenvalue weighted by Gasteiger charge is 2.37. The van der Waals surface area contributed by atoms with E-state index in [9.17, 15) is 10.0 Å². The van der Waals surface area contributed by atoms with E-state index < -0.39 is 11.6 Å². The molecule has 0 bridgehead atoms. The molecule has 0 atom stereocenters. The molecule has 2 heterocycles. The standard InChI is InChI=1S/C24H29N5O4/c1-27(31)23(30)28-14-12-24(25,13-15-28)22-16-21(17-4-8-19(32-2)9-5-17)29(26-22)18-6-10-20(33-3)11-7-18/h4-11,16,31H,12-15,25H2,1-3H3. The minimum atomic E-state index is -0.691. The average molecular weight is 452 g/mol. The van der Waals surface area contributed by atoms with E-state index in [1.165, 1.54) is 7.05 Å². The summed E-state index contributed by atoms with van der Waals surface area (Å²) >= 11 is 0. The fourth-order valence-corrected chi connectivity index (χ4v) is 4.07. The summed E-state index contributed by atoms with van der Waals surface area (Å²) in [6, 6.07) is 17.1. The number of methoxy groups -OCH3 is 2. The zero-order chi connectivity index (χ0) is 23.6. The first-order chi connectivity index (χ1) is 15.8. The molecule has 9 heteroatoms. The summed E-state index contributed by atoms with van der Waals surface area (Å²) in [6.45, 7) is 0.876. The number of amides is 2. The van der Waals surface area contributed by atoms with Gasteiger partial charge in [0.2, 0.25) is 0 Å². The number of urea groups is 1. The maximum absolute atomic E-state index is 12.1. The summed E-state index contributed by atoms with van der Waals surface area (Å²) in [6.07, 6.45) is 1.07. The highest BCUT2D eigenvalue weighted by Crippen LogP contribution is 2.34. The van der Waals surface area contributed by atoms with Gasteiger partial charge >= 0.3 is 6.03 Å². The van der Waals surface area contributed by atoms with Gasteiger partial charge in [-0.15, -0.1) is 0 Å². The number of benzene rings is 2. The Kier molecular flexibility index (Phi) is 6.26. The summed E-state index contributed by atoms with van der Waals surface area (Å²) in [5, 5.41) is 15.0. The molecular formula is C24H29N5O4. The molecule has 1 aliphatic rings. The van der Waals surface area contributed by atoms with Gasteiger partial charge in [-0.1, -0.05) is 0 Å². The molecule has 0 spiro atoms. The number of carbonyl (C=O) groups excluding carboxylic acids is 1. The van der Waals surface area contributed by atoms with Crippen LogP contribution in [0.2, 0.25) is 0 Å². The number of carbonyl (C=O) groups is 1. The molecule has 2 amide bonds. The van der Waals surface area contributed by atoms with Crippen LogP contribution in [0.5, 0.6) is 11.5 Å². The van der Waals surface area contributed by atoms with Crippen LogP contribution in [0.4, 0.5) is 4.79 Å². The van der Waals surface area contributed by atoms with Crippen LogP contribution in [0.25, 0.3) is 16.9 Å². The van der Waals surface area contributed by atoms with Crippen LogP contribution < -0.4 is 15.2 Å². The van der Waals surface area contributed by atoms with Gasteiger partial charge in [0.1, 0.15) is 11.5 Å². The van der Waals surface area contributed by atoms with Crippen molar-refractivity contribution >= 4 is 6.03 Å². The summed E-state index contributed by atoms with van der Waals surface area (Å²) in [4.78, 5) is 13.7. The van der Waals surface area contributed by atoms with Crippen LogP contribution in [-0.2, 0) is 5.54 Å². The number of piperidine rings is 1. The van der Waals surface area contributed by atoms with Crippen molar-refractivity contribution in [3.05, 3.63) is 60.3 Å². The Balaban J connectivity index is 1.70. The molecule has 0 aliphatic carbocycles. The number of rotatable bonds is 5. The number of aromatic nitrogens is 2. The monoisotopic (exact) mass is 451 g/mol. The van der Waals surface area contributed by atoms with Crippen LogP contribution in [-0.4, -0.2) is 65.3 Å². The summed E-state index contributed by atoms with van der Waals surface area (Å²) in [5.41, 5.74) is 9.64. The van der Waals surface area contributed by atoms with Crippen molar-refractivity contribution in [2.24, 2.45) is 5.73 Å². The quantitative estimate of drug-likeness (QED) is 0.456. The van der Waals surface area contributed by atoms with Crippen molar-refractivity contribution in [2.75, 3.05) is 34.4 Å². The molecule has 0 unspecified atom stereocenters. The van der Waals surface area contributed by atoms with Gasteiger partial charge in [0, 0.05) is 25.7 Å². The summed E-state index contributed by atoms with van der Waals surface area (Å²) in [7, 11) is 4.59. The zero-order valence-corrected chi connectivity index (χ0v) is 19.1. The second-order valence-electron chi connectivity index (χ2n) is 8.20. The lowest BCUT2D eigenvalue weighted by Gasteiger charge is -2.38. The Bertz CT molecular complexity index is 1040. The Morgan fingerprint density at radius 3 is 2.09 bits per heavy atom. The van der Waals surface area contributed by atoms with E-state index >= 15 is 0 Å². The molecule has 3 N–H and O–H groups in total. The van der Waals surface area contributed by atoms with Gasteiger partial charge in [0.15, 0.2) is 0 Å². The van der Waals surface area contributed by atoms with Crippen LogP contribution in [0.15, 0.2) is 54.6 Å². The molecule has 2 aromatic carbocycles. The highest BCUT2D eigenvalue weighted by atomic mass is 16.5. The first-order valence-corrected chi connectivity index (χ1v) is 10.7. The van der Waals surface area contributed by atoms with E-state index in [1.54, 1.807) is 19.1 Å². The number of ether oxygens (including phenoxy) is 2. The van der Waals surface area contributed by atoms with Gasteiger partial charge in [-0.2, -0.15) is 5.10 Å². The molecule has 1 aromatic heterocycles. The third-order valence-corrected chi connectivity index (χ3v) is 6.13. The fraction of sp³-hybridized carbons (Fsp3) is 0.333. The lowest BCUT2D eigenvalue weighted by Crippen LogP contribution is -2.52. The van der Waals surface area contributed by atoms with E-state index in [1.807, 2.05) is 59.3 Å². The highest BCUT2D eigenvalue weighted by molar-refractivity contribution is 5.73. The molecule has 33 heavy (non-hydrogen) atoms. The van der Waals surface area contributed by atoms with Gasteiger partial charge in [-0.25, -0.2) is 14.5 Å². The second kappa shape index (κ2) is 9.13. The van der Waals surface area contributed by atoms with Gasteiger partial charge in [-0.3, -0.25) is 5.21 Å². The molecule has 0 radical (unpaired) electrons. The molecule has 1 saturated heterocycles. The Hall–Kier alpha value is -3.56. The van der Waals surface area contributed by atoms with Gasteiger partial charge in [0.25, 0.3) is 0 Å². The van der Waals surface area contributed by atoms with Crippen LogP contribution >= 0.6 is 0 Å². The van der Waals surface area contributed by atoms with Crippen LogP contribution in [0.1, 0.15) is 18.5 Å². The average Bonchev–Trinajstić information content (AvgIpc) is 3.30. The van der Waals surface area contributed by atoms with Gasteiger partial charge in [-0.05, 0) is 67.4 Å². The van der Waals surface area contributed by atoms with Crippen molar-refractivity contribution in [2.45, 2.75) is 18.4 Å². The molecule has 1 fully saturated rings. The van der Waals surface area contributed by atoms with E-state index in [0.29, 0.717) is 31.0 Å². The Morgan fingerprint density at radius 1 is 1.03 bits per heavy atom. The van der Waals surface area contributed by atoms with Crippen molar-refractivity contribution in [3.63, 3.8) is 0 Å². The van der Waals surface area contributed by atoms with Crippen molar-refractivity contribution in [1.82, 2.24) is 19.7 Å². The first-order valence-electron chi connectivity index (χ1n) is 10.7. The molecule has 3 aromatic rings. The van der Waals surface area contributed by atoms with Crippen LogP contribution in [0.3, 0.4) is 0 Å². The molecule has 9 nitrogen and oxygen atoms in total. The molecular weight excluding hydrogens is 422 g/mol. The predicted octanol–water partition coefficient (Wildman–Crippen LogP) is 3.25. The van der Waals surface area contributed by atoms with Crippen molar-refractivity contribution in [1.29, 1.82) is 0 Å². The maximum Gasteiger partial charge on any atom is 0.343 e. The number of hydroxylamine groups is 2.